The van der Waals surface area contributed by atoms with Crippen molar-refractivity contribution in [2.75, 3.05) is 36.0 Å². The van der Waals surface area contributed by atoms with E-state index in [0.717, 1.165) is 49.4 Å². The number of aliphatic hydroxyl groups excluding tert-OH is 1. The van der Waals surface area contributed by atoms with Gasteiger partial charge in [-0.25, -0.2) is 0 Å². The molecule has 2 aliphatic rings. The Morgan fingerprint density at radius 2 is 1.39 bits per heavy atom. The van der Waals surface area contributed by atoms with Crippen LogP contribution in [0.2, 0.25) is 0 Å². The minimum atomic E-state index is -0.490. The Kier molecular flexibility index (Phi) is 6.76. The van der Waals surface area contributed by atoms with E-state index in [4.69, 9.17) is 9.31 Å². The molecule has 0 amide bonds. The van der Waals surface area contributed by atoms with Crippen LogP contribution in [-0.2, 0) is 9.31 Å². The van der Waals surface area contributed by atoms with Crippen molar-refractivity contribution >= 4 is 24.0 Å². The lowest BCUT2D eigenvalue weighted by Gasteiger charge is -2.37. The lowest BCUT2D eigenvalue weighted by Crippen LogP contribution is -2.46. The van der Waals surface area contributed by atoms with Gasteiger partial charge in [-0.05, 0) is 69.8 Å². The molecule has 6 nitrogen and oxygen atoms in total. The molecule has 2 aromatic rings. The number of aliphatic hydroxyl groups is 1. The molecule has 1 aromatic heterocycles. The summed E-state index contributed by atoms with van der Waals surface area (Å²) < 4.78 is 12.4. The Morgan fingerprint density at radius 1 is 0.879 bits per heavy atom. The molecule has 33 heavy (non-hydrogen) atoms. The predicted molar refractivity (Wildman–Crippen MR) is 135 cm³/mol. The van der Waals surface area contributed by atoms with Crippen molar-refractivity contribution < 1.29 is 14.4 Å². The van der Waals surface area contributed by atoms with Crippen molar-refractivity contribution in [2.45, 2.75) is 65.3 Å². The molecule has 1 atom stereocenters. The van der Waals surface area contributed by atoms with Gasteiger partial charge >= 0.3 is 7.12 Å². The Bertz CT molecular complexity index is 907. The zero-order valence-electron chi connectivity index (χ0n) is 20.9. The van der Waals surface area contributed by atoms with Crippen LogP contribution in [0.4, 0.5) is 11.4 Å². The number of nitrogens with zero attached hydrogens (tertiary/aromatic N) is 3. The van der Waals surface area contributed by atoms with Crippen LogP contribution in [0.25, 0.3) is 0 Å². The van der Waals surface area contributed by atoms with E-state index >= 15 is 0 Å². The first kappa shape index (κ1) is 24.1. The van der Waals surface area contributed by atoms with Crippen molar-refractivity contribution in [1.82, 2.24) is 4.98 Å². The third kappa shape index (κ3) is 5.21. The third-order valence-electron chi connectivity index (χ3n) is 7.24. The fourth-order valence-corrected chi connectivity index (χ4v) is 4.39. The van der Waals surface area contributed by atoms with Crippen LogP contribution < -0.4 is 15.3 Å². The van der Waals surface area contributed by atoms with Gasteiger partial charge in [-0.2, -0.15) is 0 Å². The molecule has 0 aliphatic carbocycles. The van der Waals surface area contributed by atoms with Gasteiger partial charge in [0.2, 0.25) is 0 Å². The number of hydrogen-bond donors (Lipinski definition) is 1. The summed E-state index contributed by atoms with van der Waals surface area (Å²) in [5.74, 6) is 0.445. The van der Waals surface area contributed by atoms with Gasteiger partial charge in [0.25, 0.3) is 0 Å². The van der Waals surface area contributed by atoms with E-state index in [2.05, 4.69) is 86.7 Å². The number of aromatic nitrogens is 1. The molecule has 4 rings (SSSR count). The van der Waals surface area contributed by atoms with Crippen molar-refractivity contribution in [1.29, 1.82) is 0 Å². The van der Waals surface area contributed by atoms with Crippen LogP contribution in [0, 0.1) is 5.92 Å². The van der Waals surface area contributed by atoms with E-state index in [9.17, 15) is 5.11 Å². The lowest BCUT2D eigenvalue weighted by molar-refractivity contribution is 0.00578. The molecule has 2 saturated heterocycles. The zero-order valence-corrected chi connectivity index (χ0v) is 20.9. The van der Waals surface area contributed by atoms with Crippen molar-refractivity contribution in [3.05, 3.63) is 48.3 Å². The van der Waals surface area contributed by atoms with Crippen LogP contribution in [0.15, 0.2) is 42.6 Å². The average Bonchev–Trinajstić information content (AvgIpc) is 3.00. The Labute approximate surface area is 199 Å². The molecule has 0 saturated carbocycles. The van der Waals surface area contributed by atoms with Crippen LogP contribution >= 0.6 is 0 Å². The molecule has 2 aliphatic heterocycles. The summed E-state index contributed by atoms with van der Waals surface area (Å²) in [4.78, 5) is 9.30. The SMILES string of the molecule is CC(C)CC(O)c1ccc(N2CCN(c3ccc(B4OC(C)(C)C(C)(C)O4)cc3)CC2)cn1. The van der Waals surface area contributed by atoms with Crippen LogP contribution in [0.1, 0.15) is 59.8 Å². The van der Waals surface area contributed by atoms with E-state index in [1.807, 2.05) is 12.3 Å². The average molecular weight is 451 g/mol. The number of benzene rings is 1. The van der Waals surface area contributed by atoms with Gasteiger partial charge < -0.3 is 24.2 Å². The van der Waals surface area contributed by atoms with Crippen molar-refractivity contribution in [3.63, 3.8) is 0 Å². The molecular weight excluding hydrogens is 413 g/mol. The van der Waals surface area contributed by atoms with Gasteiger partial charge in [0, 0.05) is 31.9 Å². The summed E-state index contributed by atoms with van der Waals surface area (Å²) in [6.07, 6.45) is 2.14. The highest BCUT2D eigenvalue weighted by molar-refractivity contribution is 6.62. The van der Waals surface area contributed by atoms with Crippen LogP contribution in [0.5, 0.6) is 0 Å². The van der Waals surface area contributed by atoms with Crippen LogP contribution in [0.3, 0.4) is 0 Å². The summed E-state index contributed by atoms with van der Waals surface area (Å²) in [5, 5.41) is 10.3. The second kappa shape index (κ2) is 9.28. The summed E-state index contributed by atoms with van der Waals surface area (Å²) >= 11 is 0. The first-order chi connectivity index (χ1) is 15.6. The molecule has 7 heteroatoms. The van der Waals surface area contributed by atoms with Gasteiger partial charge in [-0.1, -0.05) is 26.0 Å². The minimum Gasteiger partial charge on any atom is -0.399 e. The molecular formula is C26H38BN3O3. The van der Waals surface area contributed by atoms with Crippen molar-refractivity contribution in [2.24, 2.45) is 5.92 Å². The van der Waals surface area contributed by atoms with E-state index in [1.54, 1.807) is 0 Å². The summed E-state index contributed by atoms with van der Waals surface area (Å²) in [6.45, 7) is 16.3. The Morgan fingerprint density at radius 3 is 1.88 bits per heavy atom. The van der Waals surface area contributed by atoms with Gasteiger partial charge in [-0.15, -0.1) is 0 Å². The normalized spacial score (nSPS) is 21.0. The number of rotatable bonds is 6. The fraction of sp³-hybridized carbons (Fsp3) is 0.577. The van der Waals surface area contributed by atoms with Crippen LogP contribution in [-0.4, -0.2) is 54.6 Å². The van der Waals surface area contributed by atoms with E-state index in [0.29, 0.717) is 5.92 Å². The fourth-order valence-electron chi connectivity index (χ4n) is 4.39. The third-order valence-corrected chi connectivity index (χ3v) is 7.24. The topological polar surface area (TPSA) is 58.1 Å². The van der Waals surface area contributed by atoms with E-state index in [-0.39, 0.29) is 18.3 Å². The molecule has 1 unspecified atom stereocenters. The molecule has 1 N–H and O–H groups in total. The smallest absolute Gasteiger partial charge is 0.399 e. The highest BCUT2D eigenvalue weighted by Gasteiger charge is 2.51. The first-order valence-corrected chi connectivity index (χ1v) is 12.2. The monoisotopic (exact) mass is 451 g/mol. The second-order valence-corrected chi connectivity index (χ2v) is 10.7. The molecule has 0 spiro atoms. The lowest BCUT2D eigenvalue weighted by atomic mass is 9.79. The summed E-state index contributed by atoms with van der Waals surface area (Å²) in [5.41, 5.74) is 3.50. The molecule has 0 radical (unpaired) electrons. The largest absolute Gasteiger partial charge is 0.494 e. The molecule has 2 fully saturated rings. The maximum absolute atomic E-state index is 10.3. The molecule has 1 aromatic carbocycles. The predicted octanol–water partition coefficient (Wildman–Crippen LogP) is 3.79. The summed E-state index contributed by atoms with van der Waals surface area (Å²) in [6, 6.07) is 12.6. The number of hydrogen-bond acceptors (Lipinski definition) is 6. The highest BCUT2D eigenvalue weighted by atomic mass is 16.7. The molecule has 0 bridgehead atoms. The molecule has 178 valence electrons. The number of anilines is 2. The first-order valence-electron chi connectivity index (χ1n) is 12.2. The maximum atomic E-state index is 10.3. The quantitative estimate of drug-likeness (QED) is 0.675. The standard InChI is InChI=1S/C26H38BN3O3/c1-19(2)17-24(31)23-12-11-22(18-28-23)30-15-13-29(14-16-30)21-9-7-20(8-10-21)27-32-25(3,4)26(5,6)33-27/h7-12,18-19,24,31H,13-17H2,1-6H3. The van der Waals surface area contributed by atoms with Gasteiger partial charge in [0.1, 0.15) is 0 Å². The van der Waals surface area contributed by atoms with E-state index < -0.39 is 6.10 Å². The van der Waals surface area contributed by atoms with Crippen molar-refractivity contribution in [3.8, 4) is 0 Å². The molecule has 3 heterocycles. The number of piperazine rings is 1. The zero-order chi connectivity index (χ0) is 23.8. The Hall–Kier alpha value is -2.09. The Balaban J connectivity index is 1.33. The minimum absolute atomic E-state index is 0.324. The van der Waals surface area contributed by atoms with Gasteiger partial charge in [0.15, 0.2) is 0 Å². The number of pyridine rings is 1. The van der Waals surface area contributed by atoms with E-state index in [1.165, 1.54) is 5.69 Å². The summed E-state index contributed by atoms with van der Waals surface area (Å²) in [7, 11) is -0.324. The highest BCUT2D eigenvalue weighted by Crippen LogP contribution is 2.36. The second-order valence-electron chi connectivity index (χ2n) is 10.7. The van der Waals surface area contributed by atoms with Gasteiger partial charge in [-0.3, -0.25) is 4.98 Å². The van der Waals surface area contributed by atoms with Gasteiger partial charge in [0.05, 0.1) is 34.9 Å². The maximum Gasteiger partial charge on any atom is 0.494 e.